The van der Waals surface area contributed by atoms with E-state index in [-0.39, 0.29) is 17.7 Å². The van der Waals surface area contributed by atoms with Crippen molar-refractivity contribution in [1.82, 2.24) is 0 Å². The van der Waals surface area contributed by atoms with Gasteiger partial charge in [-0.05, 0) is 18.6 Å². The van der Waals surface area contributed by atoms with Crippen LogP contribution in [-0.4, -0.2) is 17.1 Å². The maximum Gasteiger partial charge on any atom is 0.238 e. The van der Waals surface area contributed by atoms with Crippen molar-refractivity contribution < 1.29 is 18.4 Å². The molecule has 96 valence electrons. The zero-order valence-electron chi connectivity index (χ0n) is 9.54. The molecule has 18 heavy (non-hydrogen) atoms. The minimum atomic E-state index is -0.907. The van der Waals surface area contributed by atoms with Gasteiger partial charge in [0.25, 0.3) is 0 Å². The summed E-state index contributed by atoms with van der Waals surface area (Å²) in [4.78, 5) is 24.4. The van der Waals surface area contributed by atoms with Crippen LogP contribution in [0, 0.1) is 24.5 Å². The third-order valence-electron chi connectivity index (χ3n) is 2.90. The minimum Gasteiger partial charge on any atom is -0.274 e. The average molecular weight is 318 g/mol. The standard InChI is InChI=1S/C12H10BrF2NO2/c1-6-2-10(9(15)4-8(6)14)16-11(17)3-7(5-13)12(16)18/h2,4,7H,3,5H2,1H3. The number of hydrogen-bond donors (Lipinski definition) is 0. The third-order valence-corrected chi connectivity index (χ3v) is 3.68. The molecule has 1 aromatic carbocycles. The van der Waals surface area contributed by atoms with Crippen LogP contribution in [0.1, 0.15) is 12.0 Å². The zero-order valence-corrected chi connectivity index (χ0v) is 11.1. The van der Waals surface area contributed by atoms with Crippen molar-refractivity contribution in [2.75, 3.05) is 10.2 Å². The molecular formula is C12H10BrF2NO2. The first kappa shape index (κ1) is 13.1. The Kier molecular flexibility index (Phi) is 3.47. The Morgan fingerprint density at radius 1 is 1.33 bits per heavy atom. The Bertz CT molecular complexity index is 533. The van der Waals surface area contributed by atoms with E-state index in [0.29, 0.717) is 11.4 Å². The average Bonchev–Trinajstić information content (AvgIpc) is 2.59. The van der Waals surface area contributed by atoms with Gasteiger partial charge in [-0.25, -0.2) is 13.7 Å². The number of carbonyl (C=O) groups is 2. The van der Waals surface area contributed by atoms with Crippen LogP contribution in [0.25, 0.3) is 0 Å². The van der Waals surface area contributed by atoms with E-state index in [4.69, 9.17) is 0 Å². The Balaban J connectivity index is 2.46. The number of amides is 2. The number of hydrogen-bond acceptors (Lipinski definition) is 2. The summed E-state index contributed by atoms with van der Waals surface area (Å²) in [6.45, 7) is 1.45. The van der Waals surface area contributed by atoms with Gasteiger partial charge >= 0.3 is 0 Å². The number of nitrogens with zero attached hydrogens (tertiary/aromatic N) is 1. The first-order valence-corrected chi connectivity index (χ1v) is 6.46. The number of alkyl halides is 1. The lowest BCUT2D eigenvalue weighted by Crippen LogP contribution is -2.31. The number of carbonyl (C=O) groups excluding carboxylic acids is 2. The fourth-order valence-electron chi connectivity index (χ4n) is 1.88. The van der Waals surface area contributed by atoms with Gasteiger partial charge in [0.15, 0.2) is 0 Å². The molecule has 1 fully saturated rings. The second-order valence-corrected chi connectivity index (χ2v) is 4.82. The van der Waals surface area contributed by atoms with Crippen LogP contribution in [0.15, 0.2) is 12.1 Å². The predicted molar refractivity (Wildman–Crippen MR) is 65.5 cm³/mol. The van der Waals surface area contributed by atoms with Gasteiger partial charge in [0.2, 0.25) is 11.8 Å². The fraction of sp³-hybridized carbons (Fsp3) is 0.333. The van der Waals surface area contributed by atoms with E-state index in [1.807, 2.05) is 0 Å². The number of halogens is 3. The third kappa shape index (κ3) is 2.05. The van der Waals surface area contributed by atoms with Gasteiger partial charge in [0.1, 0.15) is 11.6 Å². The van der Waals surface area contributed by atoms with E-state index in [9.17, 15) is 18.4 Å². The monoisotopic (exact) mass is 317 g/mol. The molecule has 3 nitrogen and oxygen atoms in total. The van der Waals surface area contributed by atoms with E-state index in [2.05, 4.69) is 15.9 Å². The van der Waals surface area contributed by atoms with Crippen LogP contribution < -0.4 is 4.90 Å². The van der Waals surface area contributed by atoms with Crippen LogP contribution in [0.4, 0.5) is 14.5 Å². The molecule has 2 rings (SSSR count). The number of aryl methyl sites for hydroxylation is 1. The molecule has 0 bridgehead atoms. The summed E-state index contributed by atoms with van der Waals surface area (Å²) in [6.07, 6.45) is 0.0416. The maximum absolute atomic E-state index is 13.7. The number of rotatable bonds is 2. The molecule has 2 amide bonds. The van der Waals surface area contributed by atoms with Crippen molar-refractivity contribution >= 4 is 33.4 Å². The molecule has 0 aromatic heterocycles. The minimum absolute atomic E-state index is 0.0416. The predicted octanol–water partition coefficient (Wildman–Crippen LogP) is 2.55. The van der Waals surface area contributed by atoms with Gasteiger partial charge in [-0.1, -0.05) is 15.9 Å². The number of anilines is 1. The molecule has 1 atom stereocenters. The summed E-state index contributed by atoms with van der Waals surface area (Å²) in [5.74, 6) is -3.01. The van der Waals surface area contributed by atoms with Crippen molar-refractivity contribution in [2.45, 2.75) is 13.3 Å². The molecule has 1 saturated heterocycles. The van der Waals surface area contributed by atoms with Crippen LogP contribution in [0.3, 0.4) is 0 Å². The molecule has 1 heterocycles. The molecule has 1 aliphatic heterocycles. The lowest BCUT2D eigenvalue weighted by molar-refractivity contribution is -0.122. The van der Waals surface area contributed by atoms with Crippen LogP contribution in [-0.2, 0) is 9.59 Å². The van der Waals surface area contributed by atoms with E-state index >= 15 is 0 Å². The Labute approximate surface area is 111 Å². The second-order valence-electron chi connectivity index (χ2n) is 4.18. The molecule has 1 aromatic rings. The van der Waals surface area contributed by atoms with Crippen molar-refractivity contribution in [1.29, 1.82) is 0 Å². The van der Waals surface area contributed by atoms with Crippen LogP contribution in [0.5, 0.6) is 0 Å². The van der Waals surface area contributed by atoms with Crippen molar-refractivity contribution in [2.24, 2.45) is 5.92 Å². The lowest BCUT2D eigenvalue weighted by atomic mass is 10.1. The topological polar surface area (TPSA) is 37.4 Å². The van der Waals surface area contributed by atoms with Crippen molar-refractivity contribution in [3.63, 3.8) is 0 Å². The van der Waals surface area contributed by atoms with Gasteiger partial charge in [-0.3, -0.25) is 9.59 Å². The smallest absolute Gasteiger partial charge is 0.238 e. The van der Waals surface area contributed by atoms with Gasteiger partial charge in [-0.15, -0.1) is 0 Å². The Hall–Kier alpha value is -1.30. The highest BCUT2D eigenvalue weighted by Gasteiger charge is 2.40. The summed E-state index contributed by atoms with van der Waals surface area (Å²) < 4.78 is 26.8. The van der Waals surface area contributed by atoms with E-state index < -0.39 is 29.4 Å². The highest BCUT2D eigenvalue weighted by Crippen LogP contribution is 2.30. The molecular weight excluding hydrogens is 308 g/mol. The highest BCUT2D eigenvalue weighted by molar-refractivity contribution is 9.09. The molecule has 1 unspecified atom stereocenters. The largest absolute Gasteiger partial charge is 0.274 e. The molecule has 0 radical (unpaired) electrons. The van der Waals surface area contributed by atoms with Gasteiger partial charge in [0, 0.05) is 17.8 Å². The SMILES string of the molecule is Cc1cc(N2C(=O)CC(CBr)C2=O)c(F)cc1F. The molecule has 0 aliphatic carbocycles. The fourth-order valence-corrected chi connectivity index (χ4v) is 2.39. The highest BCUT2D eigenvalue weighted by atomic mass is 79.9. The quantitative estimate of drug-likeness (QED) is 0.621. The Morgan fingerprint density at radius 2 is 2.00 bits per heavy atom. The van der Waals surface area contributed by atoms with Crippen LogP contribution in [0.2, 0.25) is 0 Å². The maximum atomic E-state index is 13.7. The summed E-state index contributed by atoms with van der Waals surface area (Å²) in [5, 5.41) is 0.343. The molecule has 1 aliphatic rings. The summed E-state index contributed by atoms with van der Waals surface area (Å²) >= 11 is 3.14. The summed E-state index contributed by atoms with van der Waals surface area (Å²) in [5.41, 5.74) is 0.0154. The van der Waals surface area contributed by atoms with E-state index in [1.54, 1.807) is 0 Å². The van der Waals surface area contributed by atoms with Crippen molar-refractivity contribution in [3.8, 4) is 0 Å². The van der Waals surface area contributed by atoms with Gasteiger partial charge in [-0.2, -0.15) is 0 Å². The first-order valence-electron chi connectivity index (χ1n) is 5.34. The lowest BCUT2D eigenvalue weighted by Gasteiger charge is -2.16. The normalized spacial score (nSPS) is 19.8. The Morgan fingerprint density at radius 3 is 2.56 bits per heavy atom. The first-order chi connectivity index (χ1) is 8.45. The van der Waals surface area contributed by atoms with Gasteiger partial charge in [0.05, 0.1) is 11.6 Å². The molecule has 0 spiro atoms. The zero-order chi connectivity index (χ0) is 13.4. The van der Waals surface area contributed by atoms with E-state index in [1.165, 1.54) is 13.0 Å². The molecule has 0 N–H and O–H groups in total. The summed E-state index contributed by atoms with van der Waals surface area (Å²) in [6, 6.07) is 1.86. The number of imide groups is 1. The molecule has 6 heteroatoms. The van der Waals surface area contributed by atoms with Crippen LogP contribution >= 0.6 is 15.9 Å². The molecule has 0 saturated carbocycles. The van der Waals surface area contributed by atoms with Gasteiger partial charge < -0.3 is 0 Å². The van der Waals surface area contributed by atoms with Crippen molar-refractivity contribution in [3.05, 3.63) is 29.3 Å². The number of benzene rings is 1. The van der Waals surface area contributed by atoms with E-state index in [0.717, 1.165) is 4.90 Å². The summed E-state index contributed by atoms with van der Waals surface area (Å²) in [7, 11) is 0. The second kappa shape index (κ2) is 4.76.